The van der Waals surface area contributed by atoms with Crippen LogP contribution in [0.15, 0.2) is 0 Å². The fourth-order valence-corrected chi connectivity index (χ4v) is 1.49. The maximum absolute atomic E-state index is 10.8. The number of likely N-dealkylation sites (tertiary alicyclic amines) is 1. The van der Waals surface area contributed by atoms with E-state index in [0.29, 0.717) is 6.04 Å². The third-order valence-corrected chi connectivity index (χ3v) is 2.35. The van der Waals surface area contributed by atoms with E-state index in [1.165, 1.54) is 0 Å². The average Bonchev–Trinajstić information content (AvgIpc) is 2.33. The highest BCUT2D eigenvalue weighted by atomic mass is 16.1. The van der Waals surface area contributed by atoms with Crippen molar-refractivity contribution in [1.29, 1.82) is 0 Å². The monoisotopic (exact) mass is 156 g/mol. The summed E-state index contributed by atoms with van der Waals surface area (Å²) in [7, 11) is 0. The summed E-state index contributed by atoms with van der Waals surface area (Å²) in [5.74, 6) is -0.0504. The fraction of sp³-hybridized carbons (Fsp3) is 0.875. The minimum absolute atomic E-state index is 0.0948. The SMILES string of the molecule is CC(C)N1CCC(C(N)=O)C1. The van der Waals surface area contributed by atoms with Gasteiger partial charge in [0.2, 0.25) is 5.91 Å². The molecule has 1 atom stereocenters. The molecule has 1 heterocycles. The molecule has 1 unspecified atom stereocenters. The lowest BCUT2D eigenvalue weighted by Gasteiger charge is -2.19. The van der Waals surface area contributed by atoms with Crippen LogP contribution in [0.1, 0.15) is 20.3 Å². The average molecular weight is 156 g/mol. The van der Waals surface area contributed by atoms with Crippen LogP contribution >= 0.6 is 0 Å². The Bertz CT molecular complexity index is 156. The Labute approximate surface area is 67.5 Å². The van der Waals surface area contributed by atoms with E-state index in [2.05, 4.69) is 18.7 Å². The number of carbonyl (C=O) groups excluding carboxylic acids is 1. The summed E-state index contributed by atoms with van der Waals surface area (Å²) in [5.41, 5.74) is 5.19. The summed E-state index contributed by atoms with van der Waals surface area (Å²) in [4.78, 5) is 13.1. The summed E-state index contributed by atoms with van der Waals surface area (Å²) >= 11 is 0. The Balaban J connectivity index is 2.41. The Kier molecular flexibility index (Phi) is 2.49. The minimum atomic E-state index is -0.145. The molecule has 0 aromatic rings. The molecule has 0 saturated carbocycles. The van der Waals surface area contributed by atoms with Gasteiger partial charge in [0.1, 0.15) is 0 Å². The molecule has 1 aliphatic rings. The molecule has 2 N–H and O–H groups in total. The van der Waals surface area contributed by atoms with Crippen LogP contribution in [0.4, 0.5) is 0 Å². The normalized spacial score (nSPS) is 26.3. The molecule has 3 nitrogen and oxygen atoms in total. The number of hydrogen-bond acceptors (Lipinski definition) is 2. The van der Waals surface area contributed by atoms with Gasteiger partial charge in [0.15, 0.2) is 0 Å². The number of primary amides is 1. The van der Waals surface area contributed by atoms with E-state index in [0.717, 1.165) is 19.5 Å². The summed E-state index contributed by atoms with van der Waals surface area (Å²) < 4.78 is 0. The molecule has 11 heavy (non-hydrogen) atoms. The van der Waals surface area contributed by atoms with Crippen molar-refractivity contribution < 1.29 is 4.79 Å². The zero-order valence-electron chi connectivity index (χ0n) is 7.21. The highest BCUT2D eigenvalue weighted by Crippen LogP contribution is 2.17. The van der Waals surface area contributed by atoms with Crippen LogP contribution in [0.2, 0.25) is 0 Å². The number of hydrogen-bond donors (Lipinski definition) is 1. The van der Waals surface area contributed by atoms with E-state index in [1.807, 2.05) is 0 Å². The van der Waals surface area contributed by atoms with Crippen LogP contribution < -0.4 is 5.73 Å². The van der Waals surface area contributed by atoms with Crippen molar-refractivity contribution >= 4 is 5.91 Å². The van der Waals surface area contributed by atoms with E-state index in [4.69, 9.17) is 5.73 Å². The highest BCUT2D eigenvalue weighted by Gasteiger charge is 2.27. The van der Waals surface area contributed by atoms with E-state index >= 15 is 0 Å². The molecular formula is C8H16N2O. The van der Waals surface area contributed by atoms with Crippen LogP contribution in [-0.2, 0) is 4.79 Å². The molecule has 0 bridgehead atoms. The summed E-state index contributed by atoms with van der Waals surface area (Å²) in [6.07, 6.45) is 0.938. The molecule has 0 radical (unpaired) electrons. The van der Waals surface area contributed by atoms with Crippen molar-refractivity contribution in [2.45, 2.75) is 26.3 Å². The zero-order valence-corrected chi connectivity index (χ0v) is 7.21. The largest absolute Gasteiger partial charge is 0.369 e. The summed E-state index contributed by atoms with van der Waals surface area (Å²) in [5, 5.41) is 0. The Morgan fingerprint density at radius 2 is 2.27 bits per heavy atom. The molecule has 1 saturated heterocycles. The first kappa shape index (κ1) is 8.53. The number of nitrogens with two attached hydrogens (primary N) is 1. The molecule has 1 aliphatic heterocycles. The predicted octanol–water partition coefficient (Wildman–Crippen LogP) is 0.202. The van der Waals surface area contributed by atoms with Gasteiger partial charge >= 0.3 is 0 Å². The van der Waals surface area contributed by atoms with Gasteiger partial charge < -0.3 is 10.6 Å². The topological polar surface area (TPSA) is 46.3 Å². The van der Waals surface area contributed by atoms with Gasteiger partial charge in [-0.3, -0.25) is 4.79 Å². The van der Waals surface area contributed by atoms with Gasteiger partial charge in [0.25, 0.3) is 0 Å². The van der Waals surface area contributed by atoms with Crippen molar-refractivity contribution in [3.63, 3.8) is 0 Å². The second-order valence-corrected chi connectivity index (χ2v) is 3.48. The van der Waals surface area contributed by atoms with Crippen molar-refractivity contribution in [2.75, 3.05) is 13.1 Å². The van der Waals surface area contributed by atoms with Crippen LogP contribution in [0.25, 0.3) is 0 Å². The molecule has 1 rings (SSSR count). The Hall–Kier alpha value is -0.570. The van der Waals surface area contributed by atoms with E-state index in [9.17, 15) is 4.79 Å². The lowest BCUT2D eigenvalue weighted by atomic mass is 10.1. The first-order valence-electron chi connectivity index (χ1n) is 4.14. The van der Waals surface area contributed by atoms with Crippen LogP contribution in [0.3, 0.4) is 0 Å². The van der Waals surface area contributed by atoms with Gasteiger partial charge in [-0.15, -0.1) is 0 Å². The van der Waals surface area contributed by atoms with Crippen molar-refractivity contribution in [3.8, 4) is 0 Å². The third kappa shape index (κ3) is 1.93. The van der Waals surface area contributed by atoms with Gasteiger partial charge in [-0.25, -0.2) is 0 Å². The maximum atomic E-state index is 10.8. The highest BCUT2D eigenvalue weighted by molar-refractivity contribution is 5.77. The second kappa shape index (κ2) is 3.22. The summed E-state index contributed by atoms with van der Waals surface area (Å²) in [6, 6.07) is 0.541. The smallest absolute Gasteiger partial charge is 0.221 e. The third-order valence-electron chi connectivity index (χ3n) is 2.35. The molecule has 0 aromatic heterocycles. The molecule has 0 aromatic carbocycles. The second-order valence-electron chi connectivity index (χ2n) is 3.48. The van der Waals surface area contributed by atoms with Crippen LogP contribution in [0.5, 0.6) is 0 Å². The van der Waals surface area contributed by atoms with Gasteiger partial charge in [-0.2, -0.15) is 0 Å². The standard InChI is InChI=1S/C8H16N2O/c1-6(2)10-4-3-7(5-10)8(9)11/h6-7H,3-5H2,1-2H3,(H2,9,11). The van der Waals surface area contributed by atoms with Gasteiger partial charge in [-0.1, -0.05) is 0 Å². The van der Waals surface area contributed by atoms with Gasteiger partial charge in [0, 0.05) is 12.6 Å². The maximum Gasteiger partial charge on any atom is 0.221 e. The fourth-order valence-electron chi connectivity index (χ4n) is 1.49. The van der Waals surface area contributed by atoms with Crippen LogP contribution in [-0.4, -0.2) is 29.9 Å². The van der Waals surface area contributed by atoms with Crippen LogP contribution in [0, 0.1) is 5.92 Å². The lowest BCUT2D eigenvalue weighted by molar-refractivity contribution is -0.121. The summed E-state index contributed by atoms with van der Waals surface area (Å²) in [6.45, 7) is 6.16. The van der Waals surface area contributed by atoms with Gasteiger partial charge in [-0.05, 0) is 26.8 Å². The molecular weight excluding hydrogens is 140 g/mol. The molecule has 64 valence electrons. The molecule has 1 amide bonds. The van der Waals surface area contributed by atoms with Crippen molar-refractivity contribution in [2.24, 2.45) is 11.7 Å². The lowest BCUT2D eigenvalue weighted by Crippen LogP contribution is -2.31. The first-order valence-corrected chi connectivity index (χ1v) is 4.14. The quantitative estimate of drug-likeness (QED) is 0.621. The molecule has 1 fully saturated rings. The number of carbonyl (C=O) groups is 1. The van der Waals surface area contributed by atoms with E-state index in [-0.39, 0.29) is 11.8 Å². The molecule has 0 spiro atoms. The van der Waals surface area contributed by atoms with Crippen molar-refractivity contribution in [3.05, 3.63) is 0 Å². The Morgan fingerprint density at radius 3 is 2.55 bits per heavy atom. The molecule has 3 heteroatoms. The van der Waals surface area contributed by atoms with E-state index in [1.54, 1.807) is 0 Å². The zero-order chi connectivity index (χ0) is 8.43. The van der Waals surface area contributed by atoms with Crippen molar-refractivity contribution in [1.82, 2.24) is 4.90 Å². The first-order chi connectivity index (χ1) is 5.11. The number of amides is 1. The van der Waals surface area contributed by atoms with Gasteiger partial charge in [0.05, 0.1) is 5.92 Å². The Morgan fingerprint density at radius 1 is 1.64 bits per heavy atom. The predicted molar refractivity (Wildman–Crippen MR) is 44.0 cm³/mol. The van der Waals surface area contributed by atoms with E-state index < -0.39 is 0 Å². The number of rotatable bonds is 2. The number of nitrogens with zero attached hydrogens (tertiary/aromatic N) is 1. The minimum Gasteiger partial charge on any atom is -0.369 e. The molecule has 0 aliphatic carbocycles.